The number of nitrogens with two attached hydrogens (primary N) is 1. The van der Waals surface area contributed by atoms with Crippen LogP contribution in [0.1, 0.15) is 23.1 Å². The zero-order chi connectivity index (χ0) is 29.6. The first-order chi connectivity index (χ1) is 19.5. The molecule has 1 amide bonds. The first-order valence-electron chi connectivity index (χ1n) is 13.0. The molecule has 3 aromatic carbocycles. The highest BCUT2D eigenvalue weighted by atomic mass is 32.2. The Morgan fingerprint density at radius 1 is 0.902 bits per heavy atom. The van der Waals surface area contributed by atoms with Gasteiger partial charge in [0.05, 0.1) is 10.9 Å². The molecule has 0 spiro atoms. The molecule has 0 aromatic heterocycles. The molecular weight excluding hydrogens is 548 g/mol. The van der Waals surface area contributed by atoms with Crippen molar-refractivity contribution < 1.29 is 37.4 Å². The van der Waals surface area contributed by atoms with E-state index in [1.54, 1.807) is 48.5 Å². The SMILES string of the molecule is CS(=O)(=O)c1ccc(C[C@@H](NC(=O)OCc2ccccc2)[C@H](O)C(=O)C2(C(=O)OCc3ccccc3)CC2N)cc1. The number of carbonyl (C=O) groups excluding carboxylic acids is 3. The number of sulfone groups is 1. The highest BCUT2D eigenvalue weighted by Crippen LogP contribution is 2.47. The van der Waals surface area contributed by atoms with Gasteiger partial charge >= 0.3 is 12.1 Å². The lowest BCUT2D eigenvalue weighted by Crippen LogP contribution is -2.52. The number of hydrogen-bond donors (Lipinski definition) is 3. The molecule has 0 radical (unpaired) electrons. The monoisotopic (exact) mass is 580 g/mol. The number of Topliss-reactive ketones (excluding diaryl/α,β-unsaturated/α-hetero) is 1. The molecule has 41 heavy (non-hydrogen) atoms. The number of carbonyl (C=O) groups is 3. The van der Waals surface area contributed by atoms with E-state index in [1.165, 1.54) is 24.3 Å². The molecule has 4 atom stereocenters. The highest BCUT2D eigenvalue weighted by molar-refractivity contribution is 7.90. The summed E-state index contributed by atoms with van der Waals surface area (Å²) < 4.78 is 34.3. The third-order valence-electron chi connectivity index (χ3n) is 7.00. The quantitative estimate of drug-likeness (QED) is 0.216. The van der Waals surface area contributed by atoms with E-state index in [0.717, 1.165) is 17.4 Å². The van der Waals surface area contributed by atoms with Crippen LogP contribution in [0.4, 0.5) is 4.79 Å². The van der Waals surface area contributed by atoms with Gasteiger partial charge in [-0.1, -0.05) is 72.8 Å². The van der Waals surface area contributed by atoms with Crippen LogP contribution in [-0.4, -0.2) is 55.8 Å². The van der Waals surface area contributed by atoms with E-state index in [0.29, 0.717) is 5.56 Å². The molecule has 4 N–H and O–H groups in total. The summed E-state index contributed by atoms with van der Waals surface area (Å²) in [7, 11) is -3.44. The Balaban J connectivity index is 1.50. The zero-order valence-electron chi connectivity index (χ0n) is 22.4. The maximum atomic E-state index is 13.6. The normalized spacial score (nSPS) is 19.4. The van der Waals surface area contributed by atoms with Crippen molar-refractivity contribution in [2.45, 2.75) is 49.1 Å². The Morgan fingerprint density at radius 2 is 1.41 bits per heavy atom. The number of ether oxygens (including phenoxy) is 2. The molecule has 3 aromatic rings. The van der Waals surface area contributed by atoms with Gasteiger partial charge in [0, 0.05) is 12.3 Å². The highest BCUT2D eigenvalue weighted by Gasteiger charge is 2.67. The van der Waals surface area contributed by atoms with Gasteiger partial charge in [0.15, 0.2) is 15.6 Å². The van der Waals surface area contributed by atoms with Crippen molar-refractivity contribution >= 4 is 27.7 Å². The van der Waals surface area contributed by atoms with Crippen molar-refractivity contribution in [1.29, 1.82) is 0 Å². The summed E-state index contributed by atoms with van der Waals surface area (Å²) in [6.07, 6.45) is -1.73. The minimum absolute atomic E-state index is 0.00918. The van der Waals surface area contributed by atoms with Gasteiger partial charge in [0.1, 0.15) is 24.7 Å². The maximum Gasteiger partial charge on any atom is 0.407 e. The Hall–Kier alpha value is -4.06. The number of aliphatic hydroxyl groups is 1. The van der Waals surface area contributed by atoms with Crippen LogP contribution in [0.5, 0.6) is 0 Å². The lowest BCUT2D eigenvalue weighted by atomic mass is 9.89. The summed E-state index contributed by atoms with van der Waals surface area (Å²) in [5, 5.41) is 13.7. The van der Waals surface area contributed by atoms with Crippen molar-refractivity contribution in [3.05, 3.63) is 102 Å². The zero-order valence-corrected chi connectivity index (χ0v) is 23.3. The minimum atomic E-state index is -3.44. The Morgan fingerprint density at radius 3 is 1.90 bits per heavy atom. The summed E-state index contributed by atoms with van der Waals surface area (Å²) in [5.74, 6) is -1.72. The number of esters is 1. The van der Waals surface area contributed by atoms with Crippen molar-refractivity contribution in [3.8, 4) is 0 Å². The largest absolute Gasteiger partial charge is 0.460 e. The van der Waals surface area contributed by atoms with Gasteiger partial charge in [0.2, 0.25) is 0 Å². The van der Waals surface area contributed by atoms with Crippen LogP contribution < -0.4 is 11.1 Å². The van der Waals surface area contributed by atoms with Crippen molar-refractivity contribution in [1.82, 2.24) is 5.32 Å². The van der Waals surface area contributed by atoms with E-state index in [1.807, 2.05) is 12.1 Å². The van der Waals surface area contributed by atoms with Crippen LogP contribution in [0.25, 0.3) is 0 Å². The van der Waals surface area contributed by atoms with E-state index in [4.69, 9.17) is 15.2 Å². The van der Waals surface area contributed by atoms with Gasteiger partial charge in [0.25, 0.3) is 0 Å². The van der Waals surface area contributed by atoms with E-state index < -0.39 is 51.3 Å². The van der Waals surface area contributed by atoms with Crippen molar-refractivity contribution in [2.75, 3.05) is 6.26 Å². The van der Waals surface area contributed by atoms with Crippen molar-refractivity contribution in [2.24, 2.45) is 11.1 Å². The van der Waals surface area contributed by atoms with Crippen LogP contribution in [0.3, 0.4) is 0 Å². The smallest absolute Gasteiger partial charge is 0.407 e. The van der Waals surface area contributed by atoms with Gasteiger partial charge < -0.3 is 25.6 Å². The molecule has 0 heterocycles. The second-order valence-corrected chi connectivity index (χ2v) is 12.1. The summed E-state index contributed by atoms with van der Waals surface area (Å²) in [6, 6.07) is 21.6. The molecule has 11 heteroatoms. The Kier molecular flexibility index (Phi) is 9.21. The maximum absolute atomic E-state index is 13.6. The molecule has 0 aliphatic heterocycles. The minimum Gasteiger partial charge on any atom is -0.460 e. The molecule has 216 valence electrons. The third kappa shape index (κ3) is 7.37. The van der Waals surface area contributed by atoms with Gasteiger partial charge in [-0.3, -0.25) is 9.59 Å². The molecule has 1 fully saturated rings. The number of nitrogens with one attached hydrogen (secondary N) is 1. The molecule has 1 aliphatic rings. The van der Waals surface area contributed by atoms with Gasteiger partial charge in [-0.05, 0) is 41.7 Å². The summed E-state index contributed by atoms with van der Waals surface area (Å²) in [6.45, 7) is -0.120. The Bertz CT molecular complexity index is 1480. The number of hydrogen-bond acceptors (Lipinski definition) is 9. The van der Waals surface area contributed by atoms with E-state index in [2.05, 4.69) is 5.32 Å². The fourth-order valence-corrected chi connectivity index (χ4v) is 5.12. The van der Waals surface area contributed by atoms with Gasteiger partial charge in [-0.2, -0.15) is 0 Å². The van der Waals surface area contributed by atoms with Crippen LogP contribution >= 0.6 is 0 Å². The van der Waals surface area contributed by atoms with Crippen molar-refractivity contribution in [3.63, 3.8) is 0 Å². The fraction of sp³-hybridized carbons (Fsp3) is 0.300. The topological polar surface area (TPSA) is 162 Å². The van der Waals surface area contributed by atoms with Crippen LogP contribution in [-0.2, 0) is 48.5 Å². The van der Waals surface area contributed by atoms with E-state index in [9.17, 15) is 27.9 Å². The number of aliphatic hydroxyl groups excluding tert-OH is 1. The standard InChI is InChI=1S/C30H32N2O8S/c1-41(37,38)23-14-12-20(13-15-23)16-24(32-29(36)40-19-22-10-6-3-7-11-22)26(33)27(34)30(17-25(30)31)28(35)39-18-21-8-4-2-5-9-21/h2-15,24-26,33H,16-19,31H2,1H3,(H,32,36)/t24-,25?,26+,30?/m1/s1. The average Bonchev–Trinajstić information content (AvgIpc) is 3.66. The molecule has 0 bridgehead atoms. The molecule has 0 saturated heterocycles. The second kappa shape index (κ2) is 12.6. The number of rotatable bonds is 12. The average molecular weight is 581 g/mol. The Labute approximate surface area is 238 Å². The van der Waals surface area contributed by atoms with E-state index >= 15 is 0 Å². The molecule has 2 unspecified atom stereocenters. The molecule has 1 saturated carbocycles. The lowest BCUT2D eigenvalue weighted by Gasteiger charge is -2.26. The molecular formula is C30H32N2O8S. The second-order valence-electron chi connectivity index (χ2n) is 10.1. The number of benzene rings is 3. The van der Waals surface area contributed by atoms with Gasteiger partial charge in [-0.15, -0.1) is 0 Å². The number of ketones is 1. The lowest BCUT2D eigenvalue weighted by molar-refractivity contribution is -0.158. The fourth-order valence-electron chi connectivity index (χ4n) is 4.49. The number of alkyl carbamates (subject to hydrolysis) is 1. The molecule has 10 nitrogen and oxygen atoms in total. The number of amides is 1. The van der Waals surface area contributed by atoms with Crippen LogP contribution in [0, 0.1) is 5.41 Å². The predicted octanol–water partition coefficient (Wildman–Crippen LogP) is 2.32. The third-order valence-corrected chi connectivity index (χ3v) is 8.13. The summed E-state index contributed by atoms with van der Waals surface area (Å²) in [5.41, 5.74) is 6.26. The summed E-state index contributed by atoms with van der Waals surface area (Å²) in [4.78, 5) is 39.4. The first kappa shape index (κ1) is 29.9. The molecule has 4 rings (SSSR count). The summed E-state index contributed by atoms with van der Waals surface area (Å²) >= 11 is 0. The van der Waals surface area contributed by atoms with Crippen LogP contribution in [0.15, 0.2) is 89.8 Å². The van der Waals surface area contributed by atoms with E-state index in [-0.39, 0.29) is 31.0 Å². The predicted molar refractivity (Wildman–Crippen MR) is 149 cm³/mol. The van der Waals surface area contributed by atoms with Crippen LogP contribution in [0.2, 0.25) is 0 Å². The molecule has 1 aliphatic carbocycles. The first-order valence-corrected chi connectivity index (χ1v) is 14.8. The van der Waals surface area contributed by atoms with Gasteiger partial charge in [-0.25, -0.2) is 13.2 Å².